The number of para-hydroxylation sites is 1. The van der Waals surface area contributed by atoms with Gasteiger partial charge in [0.2, 0.25) is 5.95 Å². The molecule has 0 spiro atoms. The van der Waals surface area contributed by atoms with Crippen LogP contribution in [0.5, 0.6) is 0 Å². The Bertz CT molecular complexity index is 838. The number of carboxylic acid groups (broad SMARTS) is 1. The molecule has 3 rings (SSSR count). The lowest BCUT2D eigenvalue weighted by molar-refractivity contribution is 0.0697. The van der Waals surface area contributed by atoms with E-state index < -0.39 is 5.97 Å². The number of carbonyl (C=O) groups is 1. The third-order valence-electron chi connectivity index (χ3n) is 2.82. The summed E-state index contributed by atoms with van der Waals surface area (Å²) in [6.07, 6.45) is 0. The van der Waals surface area contributed by atoms with E-state index in [0.717, 1.165) is 0 Å². The molecular formula is C14H9ClN4O2. The minimum atomic E-state index is -1.04. The Morgan fingerprint density at radius 3 is 2.57 bits per heavy atom. The maximum Gasteiger partial charge on any atom is 0.335 e. The number of aromatic nitrogens is 3. The average Bonchev–Trinajstić information content (AvgIpc) is 2.49. The molecule has 104 valence electrons. The Morgan fingerprint density at radius 1 is 1.10 bits per heavy atom. The van der Waals surface area contributed by atoms with Crippen LogP contribution in [0.3, 0.4) is 0 Å². The van der Waals surface area contributed by atoms with Gasteiger partial charge in [0, 0.05) is 0 Å². The molecule has 7 heteroatoms. The molecule has 0 fully saturated rings. The second-order valence-electron chi connectivity index (χ2n) is 4.25. The fourth-order valence-corrected chi connectivity index (χ4v) is 2.03. The maximum absolute atomic E-state index is 10.9. The molecule has 1 heterocycles. The molecule has 0 atom stereocenters. The van der Waals surface area contributed by atoms with E-state index in [-0.39, 0.29) is 10.6 Å². The van der Waals surface area contributed by atoms with Gasteiger partial charge in [0.25, 0.3) is 0 Å². The second-order valence-corrected chi connectivity index (χ2v) is 4.66. The molecule has 0 saturated heterocycles. The van der Waals surface area contributed by atoms with Gasteiger partial charge in [0.05, 0.1) is 21.8 Å². The smallest absolute Gasteiger partial charge is 0.335 e. The molecule has 21 heavy (non-hydrogen) atoms. The first-order chi connectivity index (χ1) is 10.1. The molecule has 0 aliphatic rings. The first-order valence-electron chi connectivity index (χ1n) is 6.03. The van der Waals surface area contributed by atoms with E-state index in [1.807, 2.05) is 24.3 Å². The van der Waals surface area contributed by atoms with Crippen molar-refractivity contribution in [3.8, 4) is 0 Å². The minimum Gasteiger partial charge on any atom is -0.478 e. The van der Waals surface area contributed by atoms with Crippen LogP contribution in [0.25, 0.3) is 11.0 Å². The van der Waals surface area contributed by atoms with Gasteiger partial charge < -0.3 is 10.4 Å². The van der Waals surface area contributed by atoms with Crippen LogP contribution >= 0.6 is 11.6 Å². The number of nitrogens with zero attached hydrogens (tertiary/aromatic N) is 3. The first kappa shape index (κ1) is 13.3. The van der Waals surface area contributed by atoms with Crippen LogP contribution in [-0.2, 0) is 0 Å². The number of anilines is 2. The van der Waals surface area contributed by atoms with Crippen molar-refractivity contribution in [2.45, 2.75) is 0 Å². The Morgan fingerprint density at radius 2 is 1.86 bits per heavy atom. The van der Waals surface area contributed by atoms with E-state index in [2.05, 4.69) is 20.5 Å². The number of carboxylic acids is 1. The van der Waals surface area contributed by atoms with Crippen molar-refractivity contribution in [1.29, 1.82) is 0 Å². The van der Waals surface area contributed by atoms with Crippen molar-refractivity contribution in [1.82, 2.24) is 15.2 Å². The van der Waals surface area contributed by atoms with Crippen LogP contribution < -0.4 is 5.32 Å². The molecule has 0 bridgehead atoms. The maximum atomic E-state index is 10.9. The normalized spacial score (nSPS) is 10.5. The SMILES string of the molecule is O=C(O)c1ccc(Nc2nnc3ccccc3n2)c(Cl)c1. The van der Waals surface area contributed by atoms with E-state index in [0.29, 0.717) is 22.7 Å². The van der Waals surface area contributed by atoms with E-state index in [9.17, 15) is 4.79 Å². The molecule has 0 aliphatic carbocycles. The summed E-state index contributed by atoms with van der Waals surface area (Å²) in [6.45, 7) is 0. The highest BCUT2D eigenvalue weighted by molar-refractivity contribution is 6.33. The third-order valence-corrected chi connectivity index (χ3v) is 3.14. The Kier molecular flexibility index (Phi) is 3.37. The predicted octanol–water partition coefficient (Wildman–Crippen LogP) is 3.12. The van der Waals surface area contributed by atoms with Gasteiger partial charge in [-0.2, -0.15) is 0 Å². The van der Waals surface area contributed by atoms with Gasteiger partial charge in [-0.3, -0.25) is 0 Å². The van der Waals surface area contributed by atoms with Gasteiger partial charge in [0.15, 0.2) is 0 Å². The molecule has 1 aromatic heterocycles. The van der Waals surface area contributed by atoms with Crippen LogP contribution in [0.2, 0.25) is 5.02 Å². The highest BCUT2D eigenvalue weighted by Crippen LogP contribution is 2.25. The number of aromatic carboxylic acids is 1. The summed E-state index contributed by atoms with van der Waals surface area (Å²) < 4.78 is 0. The highest BCUT2D eigenvalue weighted by Gasteiger charge is 2.08. The zero-order valence-electron chi connectivity index (χ0n) is 10.6. The summed E-state index contributed by atoms with van der Waals surface area (Å²) in [7, 11) is 0. The van der Waals surface area contributed by atoms with Crippen molar-refractivity contribution < 1.29 is 9.90 Å². The number of rotatable bonds is 3. The predicted molar refractivity (Wildman–Crippen MR) is 79.0 cm³/mol. The Labute approximate surface area is 124 Å². The first-order valence-corrected chi connectivity index (χ1v) is 6.40. The van der Waals surface area contributed by atoms with Crippen LogP contribution in [0.1, 0.15) is 10.4 Å². The summed E-state index contributed by atoms with van der Waals surface area (Å²) in [5, 5.41) is 20.1. The molecule has 0 amide bonds. The van der Waals surface area contributed by atoms with Crippen LogP contribution in [0.4, 0.5) is 11.6 Å². The molecule has 0 radical (unpaired) electrons. The quantitative estimate of drug-likeness (QED) is 0.772. The molecular weight excluding hydrogens is 292 g/mol. The molecule has 0 unspecified atom stereocenters. The third kappa shape index (κ3) is 2.75. The van der Waals surface area contributed by atoms with Crippen LogP contribution in [-0.4, -0.2) is 26.3 Å². The summed E-state index contributed by atoms with van der Waals surface area (Å²) in [5.41, 5.74) is 2.02. The van der Waals surface area contributed by atoms with Crippen molar-refractivity contribution in [3.63, 3.8) is 0 Å². The molecule has 6 nitrogen and oxygen atoms in total. The molecule has 2 aromatic carbocycles. The zero-order chi connectivity index (χ0) is 14.8. The summed E-state index contributed by atoms with van der Waals surface area (Å²) in [5.74, 6) is -0.745. The van der Waals surface area contributed by atoms with Gasteiger partial charge >= 0.3 is 5.97 Å². The fourth-order valence-electron chi connectivity index (χ4n) is 1.80. The van der Waals surface area contributed by atoms with Crippen molar-refractivity contribution >= 4 is 40.2 Å². The van der Waals surface area contributed by atoms with Crippen LogP contribution in [0.15, 0.2) is 42.5 Å². The van der Waals surface area contributed by atoms with Crippen molar-refractivity contribution in [3.05, 3.63) is 53.1 Å². The Balaban J connectivity index is 1.93. The lowest BCUT2D eigenvalue weighted by Crippen LogP contribution is -2.01. The van der Waals surface area contributed by atoms with E-state index >= 15 is 0 Å². The molecule has 0 aliphatic heterocycles. The summed E-state index contributed by atoms with van der Waals surface area (Å²) in [6, 6.07) is 11.7. The van der Waals surface area contributed by atoms with E-state index in [1.54, 1.807) is 6.07 Å². The van der Waals surface area contributed by atoms with Gasteiger partial charge in [-0.1, -0.05) is 23.7 Å². The Hall–Kier alpha value is -2.73. The monoisotopic (exact) mass is 300 g/mol. The molecule has 3 aromatic rings. The van der Waals surface area contributed by atoms with Gasteiger partial charge in [0.1, 0.15) is 5.52 Å². The lowest BCUT2D eigenvalue weighted by Gasteiger charge is -2.07. The second kappa shape index (κ2) is 5.34. The number of nitrogens with one attached hydrogen (secondary N) is 1. The van der Waals surface area contributed by atoms with Crippen molar-refractivity contribution in [2.75, 3.05) is 5.32 Å². The number of benzene rings is 2. The van der Waals surface area contributed by atoms with E-state index in [4.69, 9.17) is 16.7 Å². The topological polar surface area (TPSA) is 88.0 Å². The number of hydrogen-bond acceptors (Lipinski definition) is 5. The number of fused-ring (bicyclic) bond motifs is 1. The van der Waals surface area contributed by atoms with Gasteiger partial charge in [-0.05, 0) is 30.3 Å². The minimum absolute atomic E-state index is 0.114. The standard InChI is InChI=1S/C14H9ClN4O2/c15-9-7-8(13(20)21)5-6-10(9)16-14-17-11-3-1-2-4-12(11)18-19-14/h1-7H,(H,20,21)(H,16,17,19). The highest BCUT2D eigenvalue weighted by atomic mass is 35.5. The lowest BCUT2D eigenvalue weighted by atomic mass is 10.2. The van der Waals surface area contributed by atoms with Gasteiger partial charge in [-0.15, -0.1) is 10.2 Å². The number of hydrogen-bond donors (Lipinski definition) is 2. The largest absolute Gasteiger partial charge is 0.478 e. The average molecular weight is 301 g/mol. The van der Waals surface area contributed by atoms with E-state index in [1.165, 1.54) is 12.1 Å². The van der Waals surface area contributed by atoms with Gasteiger partial charge in [-0.25, -0.2) is 9.78 Å². The molecule has 0 saturated carbocycles. The zero-order valence-corrected chi connectivity index (χ0v) is 11.4. The molecule has 2 N–H and O–H groups in total. The van der Waals surface area contributed by atoms with Crippen LogP contribution in [0, 0.1) is 0 Å². The summed E-state index contributed by atoms with van der Waals surface area (Å²) in [4.78, 5) is 15.2. The number of halogens is 1. The fraction of sp³-hybridized carbons (Fsp3) is 0. The summed E-state index contributed by atoms with van der Waals surface area (Å²) >= 11 is 6.04. The van der Waals surface area contributed by atoms with Crippen molar-refractivity contribution in [2.24, 2.45) is 0 Å².